The molecule has 1 rings (SSSR count). The topological polar surface area (TPSA) is 64.3 Å². The van der Waals surface area contributed by atoms with Gasteiger partial charge in [0.2, 0.25) is 5.91 Å². The van der Waals surface area contributed by atoms with Gasteiger partial charge in [-0.15, -0.1) is 0 Å². The number of nitrogens with two attached hydrogens (primary N) is 1. The lowest BCUT2D eigenvalue weighted by atomic mass is 9.93. The maximum Gasteiger partial charge on any atom is 0.219 e. The molecule has 1 heterocycles. The molecule has 13 heavy (non-hydrogen) atoms. The maximum absolute atomic E-state index is 10.9. The van der Waals surface area contributed by atoms with Crippen molar-refractivity contribution in [3.63, 3.8) is 0 Å². The normalized spacial score (nSPS) is 28.2. The minimum Gasteiger partial charge on any atom is -0.379 e. The summed E-state index contributed by atoms with van der Waals surface area (Å²) in [6.07, 6.45) is 1.24. The Bertz CT molecular complexity index is 186. The van der Waals surface area contributed by atoms with Crippen LogP contribution in [0.2, 0.25) is 0 Å². The zero-order valence-electron chi connectivity index (χ0n) is 8.30. The van der Waals surface area contributed by atoms with Crippen LogP contribution in [0.3, 0.4) is 0 Å². The van der Waals surface area contributed by atoms with Gasteiger partial charge in [-0.25, -0.2) is 0 Å². The third-order valence-corrected chi connectivity index (χ3v) is 2.21. The number of nitrogens with one attached hydrogen (secondary N) is 1. The van der Waals surface area contributed by atoms with E-state index in [1.165, 1.54) is 0 Å². The third kappa shape index (κ3) is 2.97. The van der Waals surface area contributed by atoms with E-state index in [1.807, 2.05) is 0 Å². The third-order valence-electron chi connectivity index (χ3n) is 2.21. The fourth-order valence-corrected chi connectivity index (χ4v) is 1.86. The largest absolute Gasteiger partial charge is 0.379 e. The SMILES string of the molecule is CC(C)NC1(CC(N)=O)CCOC1. The highest BCUT2D eigenvalue weighted by molar-refractivity contribution is 5.75. The molecule has 0 saturated carbocycles. The van der Waals surface area contributed by atoms with Crippen molar-refractivity contribution < 1.29 is 9.53 Å². The summed E-state index contributed by atoms with van der Waals surface area (Å²) in [6.45, 7) is 5.42. The number of primary amides is 1. The van der Waals surface area contributed by atoms with Gasteiger partial charge in [0.05, 0.1) is 12.1 Å². The summed E-state index contributed by atoms with van der Waals surface area (Å²) < 4.78 is 5.29. The Morgan fingerprint density at radius 2 is 2.38 bits per heavy atom. The van der Waals surface area contributed by atoms with Crippen molar-refractivity contribution in [2.24, 2.45) is 5.73 Å². The van der Waals surface area contributed by atoms with Gasteiger partial charge in [-0.2, -0.15) is 0 Å². The Labute approximate surface area is 78.8 Å². The first-order valence-corrected chi connectivity index (χ1v) is 4.68. The van der Waals surface area contributed by atoms with E-state index >= 15 is 0 Å². The molecule has 0 aromatic carbocycles. The van der Waals surface area contributed by atoms with Gasteiger partial charge in [-0.3, -0.25) is 4.79 Å². The summed E-state index contributed by atoms with van der Waals surface area (Å²) in [6, 6.07) is 0.348. The van der Waals surface area contributed by atoms with Crippen molar-refractivity contribution in [1.29, 1.82) is 0 Å². The molecule has 0 aromatic heterocycles. The van der Waals surface area contributed by atoms with E-state index in [2.05, 4.69) is 19.2 Å². The highest BCUT2D eigenvalue weighted by Gasteiger charge is 2.36. The van der Waals surface area contributed by atoms with Crippen LogP contribution in [0, 0.1) is 0 Å². The average molecular weight is 186 g/mol. The van der Waals surface area contributed by atoms with Crippen LogP contribution in [0.1, 0.15) is 26.7 Å². The molecule has 1 unspecified atom stereocenters. The summed E-state index contributed by atoms with van der Waals surface area (Å²) in [5, 5.41) is 3.36. The first kappa shape index (κ1) is 10.5. The molecule has 0 bridgehead atoms. The molecule has 76 valence electrons. The Morgan fingerprint density at radius 3 is 2.77 bits per heavy atom. The number of amides is 1. The Balaban J connectivity index is 2.57. The van der Waals surface area contributed by atoms with Gasteiger partial charge >= 0.3 is 0 Å². The smallest absolute Gasteiger partial charge is 0.219 e. The minimum absolute atomic E-state index is 0.208. The van der Waals surface area contributed by atoms with Crippen molar-refractivity contribution in [3.05, 3.63) is 0 Å². The van der Waals surface area contributed by atoms with Crippen LogP contribution in [0.25, 0.3) is 0 Å². The van der Waals surface area contributed by atoms with Crippen molar-refractivity contribution in [2.45, 2.75) is 38.3 Å². The Morgan fingerprint density at radius 1 is 1.69 bits per heavy atom. The van der Waals surface area contributed by atoms with Crippen LogP contribution in [0.4, 0.5) is 0 Å². The fourth-order valence-electron chi connectivity index (χ4n) is 1.86. The summed E-state index contributed by atoms with van der Waals surface area (Å²) in [4.78, 5) is 10.9. The monoisotopic (exact) mass is 186 g/mol. The predicted molar refractivity (Wildman–Crippen MR) is 50.3 cm³/mol. The molecule has 0 aliphatic carbocycles. The molecule has 1 aliphatic rings. The van der Waals surface area contributed by atoms with Crippen molar-refractivity contribution >= 4 is 5.91 Å². The fraction of sp³-hybridized carbons (Fsp3) is 0.889. The van der Waals surface area contributed by atoms with E-state index in [1.54, 1.807) is 0 Å². The Kier molecular flexibility index (Phi) is 3.27. The number of hydrogen-bond acceptors (Lipinski definition) is 3. The van der Waals surface area contributed by atoms with Gasteiger partial charge in [0.15, 0.2) is 0 Å². The second-order valence-corrected chi connectivity index (χ2v) is 4.03. The quantitative estimate of drug-likeness (QED) is 0.650. The van der Waals surface area contributed by atoms with Gasteiger partial charge < -0.3 is 15.8 Å². The van der Waals surface area contributed by atoms with Crippen molar-refractivity contribution in [3.8, 4) is 0 Å². The lowest BCUT2D eigenvalue weighted by Crippen LogP contribution is -2.51. The van der Waals surface area contributed by atoms with Crippen LogP contribution in [-0.2, 0) is 9.53 Å². The summed E-state index contributed by atoms with van der Waals surface area (Å²) >= 11 is 0. The summed E-state index contributed by atoms with van der Waals surface area (Å²) in [7, 11) is 0. The number of ether oxygens (including phenoxy) is 1. The standard InChI is InChI=1S/C9H18N2O2/c1-7(2)11-9(5-8(10)12)3-4-13-6-9/h7,11H,3-6H2,1-2H3,(H2,10,12). The lowest BCUT2D eigenvalue weighted by molar-refractivity contribution is -0.119. The highest BCUT2D eigenvalue weighted by Crippen LogP contribution is 2.22. The predicted octanol–water partition coefficient (Wildman–Crippen LogP) is 0.0189. The number of carbonyl (C=O) groups is 1. The zero-order chi connectivity index (χ0) is 9.90. The maximum atomic E-state index is 10.9. The summed E-state index contributed by atoms with van der Waals surface area (Å²) in [5.74, 6) is -0.265. The van der Waals surface area contributed by atoms with Gasteiger partial charge in [0.1, 0.15) is 0 Å². The van der Waals surface area contributed by atoms with Crippen molar-refractivity contribution in [2.75, 3.05) is 13.2 Å². The summed E-state index contributed by atoms with van der Waals surface area (Å²) in [5.41, 5.74) is 4.99. The number of rotatable bonds is 4. The molecule has 1 aliphatic heterocycles. The molecular formula is C9H18N2O2. The minimum atomic E-state index is -0.265. The number of carbonyl (C=O) groups excluding carboxylic acids is 1. The zero-order valence-corrected chi connectivity index (χ0v) is 8.30. The molecule has 1 amide bonds. The first-order valence-electron chi connectivity index (χ1n) is 4.68. The second kappa shape index (κ2) is 4.07. The number of hydrogen-bond donors (Lipinski definition) is 2. The molecule has 0 spiro atoms. The molecule has 0 aromatic rings. The van der Waals surface area contributed by atoms with Gasteiger partial charge in [0.25, 0.3) is 0 Å². The molecule has 1 saturated heterocycles. The second-order valence-electron chi connectivity index (χ2n) is 4.03. The van der Waals surface area contributed by atoms with Crippen LogP contribution >= 0.6 is 0 Å². The molecule has 4 heteroatoms. The van der Waals surface area contributed by atoms with E-state index < -0.39 is 0 Å². The van der Waals surface area contributed by atoms with Gasteiger partial charge in [0, 0.05) is 19.1 Å². The molecule has 0 radical (unpaired) electrons. The first-order chi connectivity index (χ1) is 6.04. The lowest BCUT2D eigenvalue weighted by Gasteiger charge is -2.29. The van der Waals surface area contributed by atoms with Crippen molar-refractivity contribution in [1.82, 2.24) is 5.32 Å². The molecular weight excluding hydrogens is 168 g/mol. The molecule has 4 nitrogen and oxygen atoms in total. The van der Waals surface area contributed by atoms with E-state index in [-0.39, 0.29) is 11.4 Å². The van der Waals surface area contributed by atoms with E-state index in [9.17, 15) is 4.79 Å². The van der Waals surface area contributed by atoms with Gasteiger partial charge in [-0.1, -0.05) is 13.8 Å². The van der Waals surface area contributed by atoms with E-state index in [4.69, 9.17) is 10.5 Å². The van der Waals surface area contributed by atoms with E-state index in [0.29, 0.717) is 25.7 Å². The van der Waals surface area contributed by atoms with E-state index in [0.717, 1.165) is 6.42 Å². The molecule has 1 fully saturated rings. The van der Waals surface area contributed by atoms with Crippen LogP contribution in [0.15, 0.2) is 0 Å². The highest BCUT2D eigenvalue weighted by atomic mass is 16.5. The molecule has 3 N–H and O–H groups in total. The van der Waals surface area contributed by atoms with Crippen LogP contribution in [0.5, 0.6) is 0 Å². The van der Waals surface area contributed by atoms with Crippen LogP contribution < -0.4 is 11.1 Å². The van der Waals surface area contributed by atoms with Crippen LogP contribution in [-0.4, -0.2) is 30.7 Å². The molecule has 1 atom stereocenters. The Hall–Kier alpha value is -0.610. The average Bonchev–Trinajstić information content (AvgIpc) is 2.33. The van der Waals surface area contributed by atoms with Gasteiger partial charge in [-0.05, 0) is 6.42 Å².